The zero-order chi connectivity index (χ0) is 46.7. The van der Waals surface area contributed by atoms with Gasteiger partial charge in [-0.15, -0.1) is 0 Å². The molecule has 0 unspecified atom stereocenters. The molecule has 0 spiro atoms. The number of nitrogens with zero attached hydrogens (tertiary/aromatic N) is 3. The molecule has 332 valence electrons. The number of fused-ring (bicyclic) bond motifs is 8. The van der Waals surface area contributed by atoms with Crippen LogP contribution in [-0.4, -0.2) is 4.40 Å². The average Bonchev–Trinajstić information content (AvgIpc) is 3.77. The molecule has 2 aromatic heterocycles. The Bertz CT molecular complexity index is 3300. The van der Waals surface area contributed by atoms with Crippen molar-refractivity contribution in [3.05, 3.63) is 186 Å². The quantitative estimate of drug-likeness (QED) is 0.165. The molecule has 0 N–H and O–H groups in total. The van der Waals surface area contributed by atoms with Crippen LogP contribution in [0.4, 0.5) is 34.1 Å². The molecular weight excluding hydrogens is 799 g/mol. The summed E-state index contributed by atoms with van der Waals surface area (Å²) in [7, 11) is 0. The summed E-state index contributed by atoms with van der Waals surface area (Å²) in [4.78, 5) is 4.86. The molecular formula is C63H65N3. The number of rotatable bonds is 6. The Kier molecular flexibility index (Phi) is 10.0. The van der Waals surface area contributed by atoms with Crippen LogP contribution in [0.25, 0.3) is 48.9 Å². The van der Waals surface area contributed by atoms with E-state index < -0.39 is 0 Å². The Balaban J connectivity index is 1.20. The molecule has 10 aromatic rings. The monoisotopic (exact) mass is 864 g/mol. The van der Waals surface area contributed by atoms with Crippen molar-refractivity contribution < 1.29 is 0 Å². The van der Waals surface area contributed by atoms with Crippen molar-refractivity contribution in [1.29, 1.82) is 0 Å². The molecule has 66 heavy (non-hydrogen) atoms. The van der Waals surface area contributed by atoms with Gasteiger partial charge in [-0.05, 0) is 153 Å². The lowest BCUT2D eigenvalue weighted by atomic mass is 9.86. The minimum Gasteiger partial charge on any atom is -0.310 e. The second-order valence-electron chi connectivity index (χ2n) is 23.0. The number of aryl methyl sites for hydroxylation is 1. The van der Waals surface area contributed by atoms with Crippen LogP contribution in [0.2, 0.25) is 0 Å². The molecule has 0 aliphatic carbocycles. The summed E-state index contributed by atoms with van der Waals surface area (Å²) in [5, 5.41) is 7.63. The molecule has 10 rings (SSSR count). The van der Waals surface area contributed by atoms with Crippen LogP contribution in [0.5, 0.6) is 0 Å². The highest BCUT2D eigenvalue weighted by Gasteiger charge is 2.25. The minimum atomic E-state index is 0.0638. The molecule has 0 bridgehead atoms. The molecule has 0 atom stereocenters. The summed E-state index contributed by atoms with van der Waals surface area (Å²) in [5.41, 5.74) is 17.4. The zero-order valence-corrected chi connectivity index (χ0v) is 41.4. The molecule has 0 saturated heterocycles. The van der Waals surface area contributed by atoms with Gasteiger partial charge in [-0.1, -0.05) is 155 Å². The van der Waals surface area contributed by atoms with Crippen molar-refractivity contribution in [2.75, 3.05) is 9.80 Å². The summed E-state index contributed by atoms with van der Waals surface area (Å²) < 4.78 is 2.54. The summed E-state index contributed by atoms with van der Waals surface area (Å²) in [6.45, 7) is 29.6. The Morgan fingerprint density at radius 1 is 0.318 bits per heavy atom. The third-order valence-electron chi connectivity index (χ3n) is 14.0. The van der Waals surface area contributed by atoms with E-state index in [1.807, 2.05) is 0 Å². The number of hydrogen-bond acceptors (Lipinski definition) is 2. The fourth-order valence-electron chi connectivity index (χ4n) is 10.0. The highest BCUT2D eigenvalue weighted by Crippen LogP contribution is 2.47. The van der Waals surface area contributed by atoms with Gasteiger partial charge in [0.2, 0.25) is 0 Å². The molecule has 3 heteroatoms. The molecule has 0 radical (unpaired) electrons. The maximum absolute atomic E-state index is 2.54. The minimum absolute atomic E-state index is 0.0638. The van der Waals surface area contributed by atoms with Gasteiger partial charge < -0.3 is 14.2 Å². The number of aromatic nitrogens is 1. The van der Waals surface area contributed by atoms with Gasteiger partial charge in [0.1, 0.15) is 0 Å². The van der Waals surface area contributed by atoms with E-state index in [9.17, 15) is 0 Å². The number of benzene rings is 8. The summed E-state index contributed by atoms with van der Waals surface area (Å²) in [6, 6.07) is 60.3. The van der Waals surface area contributed by atoms with E-state index in [2.05, 4.69) is 262 Å². The van der Waals surface area contributed by atoms with Crippen LogP contribution in [0, 0.1) is 6.92 Å². The SMILES string of the molecule is Cc1ccc2c(c1)c1c3cc(N(c4ccc(C(C)(C)C)cc4)c4ccc(C(C)(C)C)cc4)ccc3cc3c4ccc(N(c5ccc(C(C)(C)C)cc5)c5ccc(C(C)(C)C)cc5)cc4n2c31. The highest BCUT2D eigenvalue weighted by atomic mass is 15.1. The van der Waals surface area contributed by atoms with Crippen molar-refractivity contribution in [1.82, 2.24) is 4.40 Å². The van der Waals surface area contributed by atoms with Gasteiger partial charge in [0, 0.05) is 55.7 Å². The first-order chi connectivity index (χ1) is 31.1. The Labute approximate surface area is 392 Å². The molecule has 0 saturated carbocycles. The molecule has 0 amide bonds. The van der Waals surface area contributed by atoms with Crippen molar-refractivity contribution in [2.24, 2.45) is 0 Å². The first-order valence-electron chi connectivity index (χ1n) is 23.8. The normalized spacial score (nSPS) is 12.9. The van der Waals surface area contributed by atoms with Gasteiger partial charge >= 0.3 is 0 Å². The Hall–Kier alpha value is -6.58. The van der Waals surface area contributed by atoms with Crippen molar-refractivity contribution >= 4 is 83.0 Å². The second kappa shape index (κ2) is 15.2. The molecule has 0 aliphatic heterocycles. The molecule has 0 aliphatic rings. The van der Waals surface area contributed by atoms with Gasteiger partial charge in [0.25, 0.3) is 0 Å². The van der Waals surface area contributed by atoms with E-state index in [4.69, 9.17) is 0 Å². The third-order valence-corrected chi connectivity index (χ3v) is 14.0. The summed E-state index contributed by atoms with van der Waals surface area (Å²) in [6.07, 6.45) is 0. The predicted molar refractivity (Wildman–Crippen MR) is 288 cm³/mol. The first kappa shape index (κ1) is 43.3. The van der Waals surface area contributed by atoms with Crippen LogP contribution >= 0.6 is 0 Å². The standard InChI is InChI=1S/C63H65N3/c1-40-14-35-56-55(36-40)58-53-38-50(64(46-25-16-42(17-26-46)60(2,3)4)47-27-18-43(19-28-47)61(5,6)7)24-15-41(53)37-54-52-34-33-51(39-57(52)66(56)59(54)58)65(48-29-20-44(21-30-48)62(8,9)10)49-31-22-45(23-32-49)63(11,12)13/h14-39H,1-13H3. The van der Waals surface area contributed by atoms with E-state index in [-0.39, 0.29) is 21.7 Å². The second-order valence-corrected chi connectivity index (χ2v) is 23.0. The predicted octanol–water partition coefficient (Wildman–Crippen LogP) is 18.4. The van der Waals surface area contributed by atoms with Gasteiger partial charge in [-0.25, -0.2) is 0 Å². The van der Waals surface area contributed by atoms with Crippen LogP contribution in [0.15, 0.2) is 158 Å². The molecule has 2 heterocycles. The van der Waals surface area contributed by atoms with E-state index in [0.717, 1.165) is 34.1 Å². The fourth-order valence-corrected chi connectivity index (χ4v) is 10.0. The van der Waals surface area contributed by atoms with Crippen molar-refractivity contribution in [3.63, 3.8) is 0 Å². The number of hydrogen-bond donors (Lipinski definition) is 0. The molecule has 8 aromatic carbocycles. The smallest absolute Gasteiger partial charge is 0.0627 e. The lowest BCUT2D eigenvalue weighted by molar-refractivity contribution is 0.590. The maximum Gasteiger partial charge on any atom is 0.0627 e. The first-order valence-corrected chi connectivity index (χ1v) is 23.8. The lowest BCUT2D eigenvalue weighted by Gasteiger charge is -2.28. The average molecular weight is 864 g/mol. The van der Waals surface area contributed by atoms with Crippen molar-refractivity contribution in [2.45, 2.75) is 112 Å². The van der Waals surface area contributed by atoms with Crippen LogP contribution in [0.1, 0.15) is 111 Å². The lowest BCUT2D eigenvalue weighted by Crippen LogP contribution is -2.14. The Morgan fingerprint density at radius 2 is 0.712 bits per heavy atom. The fraction of sp³-hybridized carbons (Fsp3) is 0.270. The van der Waals surface area contributed by atoms with E-state index in [1.54, 1.807) is 0 Å². The van der Waals surface area contributed by atoms with Gasteiger partial charge in [-0.3, -0.25) is 0 Å². The van der Waals surface area contributed by atoms with Gasteiger partial charge in [-0.2, -0.15) is 0 Å². The van der Waals surface area contributed by atoms with E-state index in [0.29, 0.717) is 0 Å². The van der Waals surface area contributed by atoms with E-state index >= 15 is 0 Å². The van der Waals surface area contributed by atoms with Gasteiger partial charge in [0.05, 0.1) is 16.6 Å². The number of anilines is 6. The Morgan fingerprint density at radius 3 is 1.14 bits per heavy atom. The van der Waals surface area contributed by atoms with E-state index in [1.165, 1.54) is 76.7 Å². The molecule has 3 nitrogen and oxygen atoms in total. The zero-order valence-electron chi connectivity index (χ0n) is 41.4. The van der Waals surface area contributed by atoms with Crippen molar-refractivity contribution in [3.8, 4) is 0 Å². The van der Waals surface area contributed by atoms with Crippen LogP contribution in [-0.2, 0) is 21.7 Å². The van der Waals surface area contributed by atoms with Gasteiger partial charge in [0.15, 0.2) is 0 Å². The van der Waals surface area contributed by atoms with Crippen LogP contribution in [0.3, 0.4) is 0 Å². The maximum atomic E-state index is 2.54. The van der Waals surface area contributed by atoms with Crippen LogP contribution < -0.4 is 9.80 Å². The largest absolute Gasteiger partial charge is 0.310 e. The summed E-state index contributed by atoms with van der Waals surface area (Å²) >= 11 is 0. The summed E-state index contributed by atoms with van der Waals surface area (Å²) in [5.74, 6) is 0. The third kappa shape index (κ3) is 7.47. The molecule has 0 fully saturated rings. The topological polar surface area (TPSA) is 10.9 Å². The highest BCUT2D eigenvalue weighted by molar-refractivity contribution is 6.31.